The summed E-state index contributed by atoms with van der Waals surface area (Å²) in [7, 11) is 0. The van der Waals surface area contributed by atoms with Gasteiger partial charge >= 0.3 is 17.9 Å². The van der Waals surface area contributed by atoms with Crippen molar-refractivity contribution in [2.24, 2.45) is 26.4 Å². The molecule has 0 radical (unpaired) electrons. The van der Waals surface area contributed by atoms with Crippen LogP contribution in [0.3, 0.4) is 0 Å². The molecule has 0 unspecified atom stereocenters. The van der Waals surface area contributed by atoms with Gasteiger partial charge in [-0.3, -0.25) is 19.7 Å². The van der Waals surface area contributed by atoms with E-state index in [1.54, 1.807) is 0 Å². The van der Waals surface area contributed by atoms with Crippen molar-refractivity contribution in [2.45, 2.75) is 81.5 Å². The summed E-state index contributed by atoms with van der Waals surface area (Å²) < 4.78 is 38.5. The fourth-order valence-electron chi connectivity index (χ4n) is 5.49. The Morgan fingerprint density at radius 1 is 0.851 bits per heavy atom. The molecule has 2 aliphatic rings. The molecule has 23 heteroatoms. The SMILES string of the molecule is CC(=O)O[C@@H]1[C@@H](OC(C)=O)[C@H](N=[N+]=[N-])C[C@H](N=[N+]=[N-])[C@H]1O[C@H]1C[C@H](CN=[N+]=[N-])[C@H](OC(=O)c2ccc([N+](=O)[O-])cc2)[C@H](F)[C@H]1N=[N+]=[N-]. The van der Waals surface area contributed by atoms with Crippen molar-refractivity contribution >= 4 is 23.6 Å². The average Bonchev–Trinajstić information content (AvgIpc) is 3.02. The minimum Gasteiger partial charge on any atom is -0.458 e. The van der Waals surface area contributed by atoms with E-state index in [-0.39, 0.29) is 24.1 Å². The van der Waals surface area contributed by atoms with Crippen LogP contribution in [0.1, 0.15) is 37.0 Å². The second-order valence-electron chi connectivity index (χ2n) is 10.3. The second kappa shape index (κ2) is 16.5. The molecule has 0 spiro atoms. The van der Waals surface area contributed by atoms with Gasteiger partial charge < -0.3 is 18.9 Å². The molecule has 0 N–H and O–H groups in total. The highest BCUT2D eigenvalue weighted by Gasteiger charge is 2.53. The number of ether oxygens (including phenoxy) is 4. The first-order valence-electron chi connectivity index (χ1n) is 13.7. The fraction of sp³-hybridized carbons (Fsp3) is 0.625. The number of nitro benzene ring substituents is 1. The van der Waals surface area contributed by atoms with Crippen molar-refractivity contribution in [3.63, 3.8) is 0 Å². The van der Waals surface area contributed by atoms with E-state index >= 15 is 4.39 Å². The Morgan fingerprint density at radius 2 is 1.43 bits per heavy atom. The molecule has 0 aliphatic heterocycles. The Balaban J connectivity index is 2.02. The topological polar surface area (TPSA) is 326 Å². The van der Waals surface area contributed by atoms with Crippen LogP contribution in [0.25, 0.3) is 41.8 Å². The van der Waals surface area contributed by atoms with Crippen molar-refractivity contribution in [1.29, 1.82) is 0 Å². The zero-order valence-electron chi connectivity index (χ0n) is 24.6. The average molecular weight is 660 g/mol. The monoisotopic (exact) mass is 659 g/mol. The quantitative estimate of drug-likeness (QED) is 0.0562. The number of azide groups is 4. The van der Waals surface area contributed by atoms with E-state index in [1.807, 2.05) is 0 Å². The molecular formula is C24H26FN13O9. The summed E-state index contributed by atoms with van der Waals surface area (Å²) in [5.41, 5.74) is 36.1. The van der Waals surface area contributed by atoms with E-state index < -0.39 is 90.1 Å². The molecule has 0 saturated heterocycles. The van der Waals surface area contributed by atoms with Crippen molar-refractivity contribution in [1.82, 2.24) is 0 Å². The number of rotatable bonds is 12. The maximum atomic E-state index is 16.3. The van der Waals surface area contributed by atoms with Crippen LogP contribution in [0.5, 0.6) is 0 Å². The lowest BCUT2D eigenvalue weighted by Crippen LogP contribution is -2.61. The molecule has 0 heterocycles. The molecule has 0 aromatic heterocycles. The standard InChI is InChI=1S/C24H26FN13O9/c1-10(39)44-21-15(31-35-27)8-16(32-36-28)22(23(21)45-11(2)40)46-17-7-13(9-30-34-26)20(18(25)19(17)33-37-29)47-24(41)12-3-5-14(6-4-12)38(42)43/h3-6,13,15-23H,7-9H2,1-2H3/t13-,15-,16+,17+,18-,19+,20+,21+,22-,23-/m1/s1. The summed E-state index contributed by atoms with van der Waals surface area (Å²) in [6.45, 7) is 1.62. The summed E-state index contributed by atoms with van der Waals surface area (Å²) in [5.74, 6) is -3.95. The van der Waals surface area contributed by atoms with Gasteiger partial charge in [0.1, 0.15) is 24.5 Å². The minimum absolute atomic E-state index is 0.168. The zero-order chi connectivity index (χ0) is 34.7. The molecule has 2 fully saturated rings. The van der Waals surface area contributed by atoms with Crippen LogP contribution in [-0.2, 0) is 28.5 Å². The molecule has 47 heavy (non-hydrogen) atoms. The van der Waals surface area contributed by atoms with Gasteiger partial charge in [-0.2, -0.15) is 0 Å². The molecule has 0 amide bonds. The van der Waals surface area contributed by atoms with E-state index in [0.29, 0.717) is 0 Å². The molecule has 22 nitrogen and oxygen atoms in total. The number of nitrogens with zero attached hydrogens (tertiary/aromatic N) is 13. The van der Waals surface area contributed by atoms with Gasteiger partial charge in [0.2, 0.25) is 0 Å². The van der Waals surface area contributed by atoms with Crippen LogP contribution in [0.2, 0.25) is 0 Å². The van der Waals surface area contributed by atoms with Crippen LogP contribution in [0.4, 0.5) is 10.1 Å². The number of alkyl halides is 1. The number of hydrogen-bond acceptors (Lipinski definition) is 13. The normalized spacial score (nSPS) is 29.6. The lowest BCUT2D eigenvalue weighted by molar-refractivity contribution is -0.384. The predicted octanol–water partition coefficient (Wildman–Crippen LogP) is 4.85. The third-order valence-corrected chi connectivity index (χ3v) is 7.37. The number of carbonyl (C=O) groups excluding carboxylic acids is 3. The lowest BCUT2D eigenvalue weighted by atomic mass is 9.79. The molecule has 0 bridgehead atoms. The Hall–Kier alpha value is -5.84. The molecule has 248 valence electrons. The second-order valence-corrected chi connectivity index (χ2v) is 10.3. The molecule has 1 aromatic rings. The first-order valence-corrected chi connectivity index (χ1v) is 13.7. The maximum absolute atomic E-state index is 16.3. The Kier molecular flexibility index (Phi) is 12.5. The van der Waals surface area contributed by atoms with Crippen molar-refractivity contribution in [3.05, 3.63) is 81.7 Å². The summed E-state index contributed by atoms with van der Waals surface area (Å²) in [4.78, 5) is 58.1. The Morgan fingerprint density at radius 3 is 1.96 bits per heavy atom. The summed E-state index contributed by atoms with van der Waals surface area (Å²) in [6, 6.07) is 0.0631. The van der Waals surface area contributed by atoms with E-state index in [9.17, 15) is 35.6 Å². The third kappa shape index (κ3) is 8.88. The van der Waals surface area contributed by atoms with Gasteiger partial charge in [0.25, 0.3) is 5.69 Å². The van der Waals surface area contributed by atoms with Gasteiger partial charge in [-0.1, -0.05) is 20.5 Å². The van der Waals surface area contributed by atoms with Crippen molar-refractivity contribution in [3.8, 4) is 0 Å². The van der Waals surface area contributed by atoms with Crippen LogP contribution in [-0.4, -0.2) is 84.2 Å². The highest BCUT2D eigenvalue weighted by molar-refractivity contribution is 5.89. The molecule has 3 rings (SSSR count). The summed E-state index contributed by atoms with van der Waals surface area (Å²) in [6.07, 6.45) is -10.5. The predicted molar refractivity (Wildman–Crippen MR) is 153 cm³/mol. The van der Waals surface area contributed by atoms with E-state index in [4.69, 9.17) is 30.0 Å². The maximum Gasteiger partial charge on any atom is 0.338 e. The number of benzene rings is 1. The fourth-order valence-corrected chi connectivity index (χ4v) is 5.49. The summed E-state index contributed by atoms with van der Waals surface area (Å²) in [5, 5.41) is 25.2. The van der Waals surface area contributed by atoms with Crippen LogP contribution in [0, 0.1) is 16.0 Å². The van der Waals surface area contributed by atoms with Gasteiger partial charge in [0, 0.05) is 58.1 Å². The number of carbonyl (C=O) groups is 3. The Bertz CT molecular complexity index is 1550. The molecule has 2 aliphatic carbocycles. The number of nitro groups is 1. The number of esters is 3. The minimum atomic E-state index is -2.29. The molecule has 10 atom stereocenters. The zero-order valence-corrected chi connectivity index (χ0v) is 24.6. The molecule has 2 saturated carbocycles. The number of halogens is 1. The van der Waals surface area contributed by atoms with Gasteiger partial charge in [0.15, 0.2) is 6.10 Å². The number of non-ortho nitro benzene ring substituents is 1. The largest absolute Gasteiger partial charge is 0.458 e. The molecular weight excluding hydrogens is 633 g/mol. The Labute approximate surface area is 262 Å². The molecule has 1 aromatic carbocycles. The summed E-state index contributed by atoms with van der Waals surface area (Å²) >= 11 is 0. The highest BCUT2D eigenvalue weighted by atomic mass is 19.1. The van der Waals surface area contributed by atoms with Crippen molar-refractivity contribution < 1.29 is 42.6 Å². The van der Waals surface area contributed by atoms with Crippen molar-refractivity contribution in [2.75, 3.05) is 6.54 Å². The van der Waals surface area contributed by atoms with E-state index in [1.165, 1.54) is 0 Å². The van der Waals surface area contributed by atoms with Crippen LogP contribution < -0.4 is 0 Å². The number of hydrogen-bond donors (Lipinski definition) is 0. The third-order valence-electron chi connectivity index (χ3n) is 7.37. The smallest absolute Gasteiger partial charge is 0.338 e. The van der Waals surface area contributed by atoms with Crippen LogP contribution in [0.15, 0.2) is 44.7 Å². The highest BCUT2D eigenvalue weighted by Crippen LogP contribution is 2.39. The first kappa shape index (κ1) is 35.6. The van der Waals surface area contributed by atoms with E-state index in [2.05, 4.69) is 40.1 Å². The van der Waals surface area contributed by atoms with Crippen LogP contribution >= 0.6 is 0 Å². The first-order chi connectivity index (χ1) is 22.4. The van der Waals surface area contributed by atoms with Gasteiger partial charge in [-0.25, -0.2) is 9.18 Å². The van der Waals surface area contributed by atoms with E-state index in [0.717, 1.165) is 38.1 Å². The van der Waals surface area contributed by atoms with Gasteiger partial charge in [-0.15, -0.1) is 0 Å². The van der Waals surface area contributed by atoms with Gasteiger partial charge in [-0.05, 0) is 47.1 Å². The van der Waals surface area contributed by atoms with Gasteiger partial charge in [0.05, 0.1) is 34.7 Å². The lowest BCUT2D eigenvalue weighted by Gasteiger charge is -2.47.